The van der Waals surface area contributed by atoms with Crippen LogP contribution in [0, 0.1) is 5.92 Å². The van der Waals surface area contributed by atoms with Crippen LogP contribution in [0.3, 0.4) is 0 Å². The van der Waals surface area contributed by atoms with Gasteiger partial charge < -0.3 is 10.0 Å². The number of aromatic nitrogens is 2. The van der Waals surface area contributed by atoms with Gasteiger partial charge in [0.2, 0.25) is 0 Å². The van der Waals surface area contributed by atoms with Crippen molar-refractivity contribution in [3.8, 4) is 0 Å². The minimum Gasteiger partial charge on any atom is -0.396 e. The molecule has 1 atom stereocenters. The third-order valence-corrected chi connectivity index (χ3v) is 3.29. The highest BCUT2D eigenvalue weighted by Gasteiger charge is 2.23. The Morgan fingerprint density at radius 1 is 1.35 bits per heavy atom. The number of rotatable bonds is 2. The van der Waals surface area contributed by atoms with Crippen LogP contribution in [0.5, 0.6) is 0 Å². The predicted molar refractivity (Wildman–Crippen MR) is 68.1 cm³/mol. The summed E-state index contributed by atoms with van der Waals surface area (Å²) in [5.74, 6) is 1.31. The number of hydrogen-bond acceptors (Lipinski definition) is 4. The highest BCUT2D eigenvalue weighted by Crippen LogP contribution is 2.24. The van der Waals surface area contributed by atoms with Crippen LogP contribution in [0.15, 0.2) is 12.1 Å². The molecule has 1 aliphatic heterocycles. The average molecular weight is 235 g/mol. The SMILES string of the molecule is CC(C)(C)c1ccc(N2CCC(CO)C2)nn1. The van der Waals surface area contributed by atoms with Gasteiger partial charge in [0.25, 0.3) is 0 Å². The number of aliphatic hydroxyl groups excluding tert-OH is 1. The molecule has 1 aromatic rings. The monoisotopic (exact) mass is 235 g/mol. The molecular formula is C13H21N3O. The van der Waals surface area contributed by atoms with Gasteiger partial charge in [0.1, 0.15) is 0 Å². The van der Waals surface area contributed by atoms with Crippen molar-refractivity contribution in [1.82, 2.24) is 10.2 Å². The molecule has 0 amide bonds. The minimum atomic E-state index is 0.0458. The number of aliphatic hydroxyl groups is 1. The van der Waals surface area contributed by atoms with Crippen molar-refractivity contribution < 1.29 is 5.11 Å². The number of hydrogen-bond donors (Lipinski definition) is 1. The second kappa shape index (κ2) is 4.61. The Balaban J connectivity index is 2.09. The molecule has 94 valence electrons. The first kappa shape index (κ1) is 12.3. The lowest BCUT2D eigenvalue weighted by Gasteiger charge is -2.20. The maximum Gasteiger partial charge on any atom is 0.151 e. The van der Waals surface area contributed by atoms with Crippen molar-refractivity contribution in [2.45, 2.75) is 32.6 Å². The molecule has 1 aliphatic rings. The lowest BCUT2D eigenvalue weighted by molar-refractivity contribution is 0.238. The summed E-state index contributed by atoms with van der Waals surface area (Å²) < 4.78 is 0. The first-order chi connectivity index (χ1) is 8.00. The molecule has 1 unspecified atom stereocenters. The van der Waals surface area contributed by atoms with Crippen LogP contribution in [-0.2, 0) is 5.41 Å². The number of anilines is 1. The highest BCUT2D eigenvalue weighted by atomic mass is 16.3. The fraction of sp³-hybridized carbons (Fsp3) is 0.692. The minimum absolute atomic E-state index is 0.0458. The van der Waals surface area contributed by atoms with Gasteiger partial charge >= 0.3 is 0 Å². The molecule has 0 spiro atoms. The van der Waals surface area contributed by atoms with E-state index in [1.165, 1.54) is 0 Å². The Labute approximate surface area is 103 Å². The summed E-state index contributed by atoms with van der Waals surface area (Å²) in [6, 6.07) is 4.09. The lowest BCUT2D eigenvalue weighted by Crippen LogP contribution is -2.23. The van der Waals surface area contributed by atoms with E-state index < -0.39 is 0 Å². The molecule has 1 N–H and O–H groups in total. The van der Waals surface area contributed by atoms with Crippen LogP contribution in [0.1, 0.15) is 32.9 Å². The molecule has 2 heterocycles. The Hall–Kier alpha value is -1.16. The zero-order valence-electron chi connectivity index (χ0n) is 10.8. The highest BCUT2D eigenvalue weighted by molar-refractivity contribution is 5.39. The summed E-state index contributed by atoms with van der Waals surface area (Å²) in [5, 5.41) is 17.7. The van der Waals surface area contributed by atoms with Gasteiger partial charge in [0, 0.05) is 31.0 Å². The smallest absolute Gasteiger partial charge is 0.151 e. The van der Waals surface area contributed by atoms with E-state index in [0.717, 1.165) is 31.0 Å². The van der Waals surface area contributed by atoms with E-state index in [2.05, 4.69) is 41.9 Å². The fourth-order valence-corrected chi connectivity index (χ4v) is 2.08. The second-order valence-electron chi connectivity index (χ2n) is 5.81. The van der Waals surface area contributed by atoms with Gasteiger partial charge in [-0.25, -0.2) is 0 Å². The molecule has 0 saturated carbocycles. The van der Waals surface area contributed by atoms with Crippen LogP contribution in [0.4, 0.5) is 5.82 Å². The van der Waals surface area contributed by atoms with E-state index in [1.807, 2.05) is 6.07 Å². The molecule has 4 nitrogen and oxygen atoms in total. The van der Waals surface area contributed by atoms with Crippen LogP contribution in [0.2, 0.25) is 0 Å². The Morgan fingerprint density at radius 2 is 2.12 bits per heavy atom. The van der Waals surface area contributed by atoms with E-state index in [4.69, 9.17) is 5.11 Å². The van der Waals surface area contributed by atoms with Gasteiger partial charge in [-0.15, -0.1) is 5.10 Å². The molecule has 1 aromatic heterocycles. The summed E-state index contributed by atoms with van der Waals surface area (Å²) in [4.78, 5) is 2.19. The van der Waals surface area contributed by atoms with Gasteiger partial charge in [0.15, 0.2) is 5.82 Å². The topological polar surface area (TPSA) is 49.2 Å². The third kappa shape index (κ3) is 2.75. The first-order valence-corrected chi connectivity index (χ1v) is 6.20. The molecule has 2 rings (SSSR count). The zero-order chi connectivity index (χ0) is 12.5. The van der Waals surface area contributed by atoms with Crippen molar-refractivity contribution in [1.29, 1.82) is 0 Å². The van der Waals surface area contributed by atoms with E-state index in [1.54, 1.807) is 0 Å². The predicted octanol–water partition coefficient (Wildman–Crippen LogP) is 1.59. The summed E-state index contributed by atoms with van der Waals surface area (Å²) in [5.41, 5.74) is 1.06. The Morgan fingerprint density at radius 3 is 2.59 bits per heavy atom. The summed E-state index contributed by atoms with van der Waals surface area (Å²) >= 11 is 0. The molecule has 4 heteroatoms. The average Bonchev–Trinajstić information content (AvgIpc) is 2.76. The van der Waals surface area contributed by atoms with Gasteiger partial charge in [-0.1, -0.05) is 20.8 Å². The largest absolute Gasteiger partial charge is 0.396 e. The second-order valence-corrected chi connectivity index (χ2v) is 5.81. The summed E-state index contributed by atoms with van der Waals surface area (Å²) in [7, 11) is 0. The van der Waals surface area contributed by atoms with Crippen LogP contribution in [0.25, 0.3) is 0 Å². The molecule has 0 aromatic carbocycles. The Bertz CT molecular complexity index is 369. The van der Waals surface area contributed by atoms with E-state index >= 15 is 0 Å². The molecule has 17 heavy (non-hydrogen) atoms. The zero-order valence-corrected chi connectivity index (χ0v) is 10.8. The summed E-state index contributed by atoms with van der Waals surface area (Å²) in [6.07, 6.45) is 1.04. The number of nitrogens with zero attached hydrogens (tertiary/aromatic N) is 3. The van der Waals surface area contributed by atoms with Crippen LogP contribution >= 0.6 is 0 Å². The van der Waals surface area contributed by atoms with Crippen LogP contribution < -0.4 is 4.90 Å². The van der Waals surface area contributed by atoms with Gasteiger partial charge in [-0.2, -0.15) is 5.10 Å². The van der Waals surface area contributed by atoms with E-state index in [9.17, 15) is 0 Å². The quantitative estimate of drug-likeness (QED) is 0.845. The first-order valence-electron chi connectivity index (χ1n) is 6.20. The molecule has 0 aliphatic carbocycles. The normalized spacial score (nSPS) is 20.9. The molecule has 1 fully saturated rings. The van der Waals surface area contributed by atoms with Gasteiger partial charge in [-0.05, 0) is 18.6 Å². The lowest BCUT2D eigenvalue weighted by atomic mass is 9.92. The van der Waals surface area contributed by atoms with Crippen molar-refractivity contribution in [2.24, 2.45) is 5.92 Å². The fourth-order valence-electron chi connectivity index (χ4n) is 2.08. The van der Waals surface area contributed by atoms with E-state index in [0.29, 0.717) is 5.92 Å². The molecule has 1 saturated heterocycles. The van der Waals surface area contributed by atoms with Crippen LogP contribution in [-0.4, -0.2) is 35.0 Å². The van der Waals surface area contributed by atoms with Crippen molar-refractivity contribution in [3.63, 3.8) is 0 Å². The van der Waals surface area contributed by atoms with E-state index in [-0.39, 0.29) is 12.0 Å². The van der Waals surface area contributed by atoms with Gasteiger partial charge in [0.05, 0.1) is 5.69 Å². The maximum absolute atomic E-state index is 9.12. The Kier molecular flexibility index (Phi) is 3.33. The van der Waals surface area contributed by atoms with Crippen molar-refractivity contribution in [3.05, 3.63) is 17.8 Å². The third-order valence-electron chi connectivity index (χ3n) is 3.29. The summed E-state index contributed by atoms with van der Waals surface area (Å²) in [6.45, 7) is 8.52. The maximum atomic E-state index is 9.12. The molecule has 0 bridgehead atoms. The van der Waals surface area contributed by atoms with Crippen molar-refractivity contribution in [2.75, 3.05) is 24.6 Å². The standard InChI is InChI=1S/C13H21N3O/c1-13(2,3)11-4-5-12(15-14-11)16-7-6-10(8-16)9-17/h4-5,10,17H,6-9H2,1-3H3. The molecular weight excluding hydrogens is 214 g/mol. The van der Waals surface area contributed by atoms with Gasteiger partial charge in [-0.3, -0.25) is 0 Å². The van der Waals surface area contributed by atoms with Crippen molar-refractivity contribution >= 4 is 5.82 Å². The molecule has 0 radical (unpaired) electrons.